The van der Waals surface area contributed by atoms with Gasteiger partial charge in [-0.1, -0.05) is 12.8 Å². The van der Waals surface area contributed by atoms with Gasteiger partial charge in [0.25, 0.3) is 0 Å². The van der Waals surface area contributed by atoms with E-state index in [0.29, 0.717) is 12.1 Å². The Morgan fingerprint density at radius 2 is 2.25 bits per heavy atom. The summed E-state index contributed by atoms with van der Waals surface area (Å²) in [6.45, 7) is 1.53. The first kappa shape index (κ1) is 10.1. The molecule has 0 bridgehead atoms. The Morgan fingerprint density at radius 1 is 1.38 bits per heavy atom. The van der Waals surface area contributed by atoms with Gasteiger partial charge in [0.2, 0.25) is 0 Å². The predicted molar refractivity (Wildman–Crippen MR) is 59.2 cm³/mol. The minimum atomic E-state index is 0.424. The van der Waals surface area contributed by atoms with E-state index in [1.165, 1.54) is 25.7 Å². The lowest BCUT2D eigenvalue weighted by Gasteiger charge is -1.99. The van der Waals surface area contributed by atoms with Crippen molar-refractivity contribution in [3.8, 4) is 6.08 Å². The lowest BCUT2D eigenvalue weighted by atomic mass is 10.3. The molecule has 4 nitrogen and oxygen atoms in total. The van der Waals surface area contributed by atoms with Crippen LogP contribution in [0.4, 0.5) is 0 Å². The van der Waals surface area contributed by atoms with E-state index in [2.05, 4.69) is 10.3 Å². The zero-order valence-electron chi connectivity index (χ0n) is 9.45. The molecule has 0 amide bonds. The van der Waals surface area contributed by atoms with Crippen LogP contribution in [0.15, 0.2) is 10.7 Å². The van der Waals surface area contributed by atoms with Crippen LogP contribution in [0, 0.1) is 5.92 Å². The Balaban J connectivity index is 1.39. The lowest BCUT2D eigenvalue weighted by Crippen LogP contribution is -2.15. The number of hydrogen-bond donors (Lipinski definition) is 1. The standard InChI is InChI=1S/C12H18N2O2/c1-2-9(1)5-6-15-12-14-11(8-16-12)7-13-10-3-4-10/h8-10,13H,1-7H2. The fourth-order valence-electron chi connectivity index (χ4n) is 1.69. The highest BCUT2D eigenvalue weighted by Gasteiger charge is 2.22. The SMILES string of the molecule is c1oc(OCCC2CC2)nc1CNC1CC1. The molecule has 0 spiro atoms. The zero-order chi connectivity index (χ0) is 10.8. The zero-order valence-corrected chi connectivity index (χ0v) is 9.45. The maximum absolute atomic E-state index is 5.45. The quantitative estimate of drug-likeness (QED) is 0.767. The summed E-state index contributed by atoms with van der Waals surface area (Å²) < 4.78 is 10.7. The molecule has 16 heavy (non-hydrogen) atoms. The first-order valence-corrected chi connectivity index (χ1v) is 6.21. The Hall–Kier alpha value is -1.03. The van der Waals surface area contributed by atoms with E-state index < -0.39 is 0 Å². The molecule has 0 unspecified atom stereocenters. The number of rotatable bonds is 7. The van der Waals surface area contributed by atoms with Crippen molar-refractivity contribution in [1.29, 1.82) is 0 Å². The summed E-state index contributed by atoms with van der Waals surface area (Å²) in [4.78, 5) is 4.28. The van der Waals surface area contributed by atoms with Crippen LogP contribution < -0.4 is 10.1 Å². The molecule has 1 aromatic rings. The van der Waals surface area contributed by atoms with Gasteiger partial charge in [-0.25, -0.2) is 0 Å². The molecule has 3 rings (SSSR count). The van der Waals surface area contributed by atoms with Gasteiger partial charge in [-0.2, -0.15) is 4.98 Å². The average Bonchev–Trinajstić information content (AvgIpc) is 3.18. The molecule has 2 fully saturated rings. The summed E-state index contributed by atoms with van der Waals surface area (Å²) in [5, 5.41) is 3.39. The van der Waals surface area contributed by atoms with E-state index in [1.54, 1.807) is 6.26 Å². The summed E-state index contributed by atoms with van der Waals surface area (Å²) in [5.41, 5.74) is 0.938. The van der Waals surface area contributed by atoms with Gasteiger partial charge in [0.1, 0.15) is 6.26 Å². The third-order valence-electron chi connectivity index (χ3n) is 3.13. The maximum Gasteiger partial charge on any atom is 0.393 e. The van der Waals surface area contributed by atoms with E-state index in [0.717, 1.165) is 31.2 Å². The van der Waals surface area contributed by atoms with E-state index in [9.17, 15) is 0 Å². The molecule has 1 N–H and O–H groups in total. The molecule has 2 aliphatic rings. The smallest absolute Gasteiger partial charge is 0.393 e. The Morgan fingerprint density at radius 3 is 3.00 bits per heavy atom. The van der Waals surface area contributed by atoms with Crippen LogP contribution in [0.5, 0.6) is 6.08 Å². The van der Waals surface area contributed by atoms with Crippen molar-refractivity contribution >= 4 is 0 Å². The largest absolute Gasteiger partial charge is 0.450 e. The van der Waals surface area contributed by atoms with Crippen LogP contribution in [0.1, 0.15) is 37.8 Å². The summed E-state index contributed by atoms with van der Waals surface area (Å²) in [5.74, 6) is 0.894. The van der Waals surface area contributed by atoms with Crippen molar-refractivity contribution in [2.24, 2.45) is 5.92 Å². The second-order valence-electron chi connectivity index (χ2n) is 4.84. The minimum Gasteiger partial charge on any atom is -0.450 e. The monoisotopic (exact) mass is 222 g/mol. The topological polar surface area (TPSA) is 47.3 Å². The fraction of sp³-hybridized carbons (Fsp3) is 0.750. The van der Waals surface area contributed by atoms with E-state index in [4.69, 9.17) is 9.15 Å². The van der Waals surface area contributed by atoms with Gasteiger partial charge in [-0.05, 0) is 25.2 Å². The summed E-state index contributed by atoms with van der Waals surface area (Å²) in [6, 6.07) is 0.705. The minimum absolute atomic E-state index is 0.424. The number of nitrogens with one attached hydrogen (secondary N) is 1. The van der Waals surface area contributed by atoms with Crippen molar-refractivity contribution in [2.45, 2.75) is 44.7 Å². The molecule has 88 valence electrons. The highest BCUT2D eigenvalue weighted by molar-refractivity contribution is 5.00. The highest BCUT2D eigenvalue weighted by atomic mass is 16.6. The second kappa shape index (κ2) is 4.45. The van der Waals surface area contributed by atoms with Crippen molar-refractivity contribution in [3.63, 3.8) is 0 Å². The highest BCUT2D eigenvalue weighted by Crippen LogP contribution is 2.32. The third-order valence-corrected chi connectivity index (χ3v) is 3.13. The summed E-state index contributed by atoms with van der Waals surface area (Å²) in [7, 11) is 0. The number of nitrogens with zero attached hydrogens (tertiary/aromatic N) is 1. The van der Waals surface area contributed by atoms with Crippen LogP contribution >= 0.6 is 0 Å². The van der Waals surface area contributed by atoms with Crippen molar-refractivity contribution < 1.29 is 9.15 Å². The van der Waals surface area contributed by atoms with Gasteiger partial charge in [-0.3, -0.25) is 0 Å². The molecule has 0 aliphatic heterocycles. The van der Waals surface area contributed by atoms with Gasteiger partial charge in [0.15, 0.2) is 0 Å². The first-order chi connectivity index (χ1) is 7.90. The van der Waals surface area contributed by atoms with E-state index >= 15 is 0 Å². The third kappa shape index (κ3) is 2.98. The van der Waals surface area contributed by atoms with Crippen LogP contribution in [0.25, 0.3) is 0 Å². The number of oxazole rings is 1. The molecular formula is C12H18N2O2. The maximum atomic E-state index is 5.45. The second-order valence-corrected chi connectivity index (χ2v) is 4.84. The fourth-order valence-corrected chi connectivity index (χ4v) is 1.69. The van der Waals surface area contributed by atoms with Crippen molar-refractivity contribution in [2.75, 3.05) is 6.61 Å². The lowest BCUT2D eigenvalue weighted by molar-refractivity contribution is 0.222. The van der Waals surface area contributed by atoms with Crippen molar-refractivity contribution in [1.82, 2.24) is 10.3 Å². The summed E-state index contributed by atoms with van der Waals surface area (Å²) >= 11 is 0. The van der Waals surface area contributed by atoms with Crippen LogP contribution in [-0.2, 0) is 6.54 Å². The average molecular weight is 222 g/mol. The molecule has 0 aromatic carbocycles. The van der Waals surface area contributed by atoms with Crippen LogP contribution in [0.3, 0.4) is 0 Å². The molecule has 1 aromatic heterocycles. The van der Waals surface area contributed by atoms with Gasteiger partial charge >= 0.3 is 6.08 Å². The molecule has 4 heteroatoms. The van der Waals surface area contributed by atoms with Crippen molar-refractivity contribution in [3.05, 3.63) is 12.0 Å². The Kier molecular flexibility index (Phi) is 2.82. The van der Waals surface area contributed by atoms with Gasteiger partial charge < -0.3 is 14.5 Å². The molecular weight excluding hydrogens is 204 g/mol. The summed E-state index contributed by atoms with van der Waals surface area (Å²) in [6.07, 6.45) is 8.57. The van der Waals surface area contributed by atoms with E-state index in [1.807, 2.05) is 0 Å². The van der Waals surface area contributed by atoms with Crippen LogP contribution in [0.2, 0.25) is 0 Å². The molecule has 0 saturated heterocycles. The molecule has 2 aliphatic carbocycles. The molecule has 0 atom stereocenters. The number of ether oxygens (including phenoxy) is 1. The number of hydrogen-bond acceptors (Lipinski definition) is 4. The normalized spacial score (nSPS) is 20.0. The molecule has 1 heterocycles. The molecule has 0 radical (unpaired) electrons. The van der Waals surface area contributed by atoms with Gasteiger partial charge in [0, 0.05) is 12.6 Å². The first-order valence-electron chi connectivity index (χ1n) is 6.21. The van der Waals surface area contributed by atoms with E-state index in [-0.39, 0.29) is 0 Å². The van der Waals surface area contributed by atoms with Crippen LogP contribution in [-0.4, -0.2) is 17.6 Å². The molecule has 2 saturated carbocycles. The number of aromatic nitrogens is 1. The predicted octanol–water partition coefficient (Wildman–Crippen LogP) is 2.11. The van der Waals surface area contributed by atoms with Gasteiger partial charge in [-0.15, -0.1) is 0 Å². The Bertz CT molecular complexity index is 343. The van der Waals surface area contributed by atoms with Gasteiger partial charge in [0.05, 0.1) is 12.3 Å². The Labute approximate surface area is 95.4 Å².